The van der Waals surface area contributed by atoms with E-state index in [-0.39, 0.29) is 11.7 Å². The first-order valence-corrected chi connectivity index (χ1v) is 6.89. The molecule has 2 rings (SSSR count). The lowest BCUT2D eigenvalue weighted by Gasteiger charge is -2.29. The number of carboxylic acid groups (broad SMARTS) is 1. The van der Waals surface area contributed by atoms with Crippen molar-refractivity contribution in [3.63, 3.8) is 0 Å². The van der Waals surface area contributed by atoms with Crippen molar-refractivity contribution in [2.45, 2.75) is 45.1 Å². The van der Waals surface area contributed by atoms with Crippen LogP contribution < -0.4 is 10.5 Å². The normalized spacial score (nSPS) is 23.0. The van der Waals surface area contributed by atoms with E-state index < -0.39 is 5.97 Å². The fraction of sp³-hybridized carbons (Fsp3) is 0.533. The van der Waals surface area contributed by atoms with Gasteiger partial charge in [-0.1, -0.05) is 19.8 Å². The highest BCUT2D eigenvalue weighted by atomic mass is 16.5. The minimum Gasteiger partial charge on any atom is -0.488 e. The van der Waals surface area contributed by atoms with E-state index in [1.165, 1.54) is 31.4 Å². The average molecular weight is 263 g/mol. The van der Waals surface area contributed by atoms with E-state index in [0.29, 0.717) is 11.4 Å². The Kier molecular flexibility index (Phi) is 4.30. The Balaban J connectivity index is 2.04. The summed E-state index contributed by atoms with van der Waals surface area (Å²) >= 11 is 0. The fourth-order valence-electron chi connectivity index (χ4n) is 2.69. The van der Waals surface area contributed by atoms with Crippen LogP contribution in [0, 0.1) is 5.92 Å². The molecule has 0 aromatic heterocycles. The van der Waals surface area contributed by atoms with Gasteiger partial charge in [0.05, 0.1) is 17.4 Å². The molecular weight excluding hydrogens is 242 g/mol. The molecule has 0 aliphatic heterocycles. The SMILES string of the molecule is CCC1CCCC(Oc2ccc(C(=O)O)cc2N)C1. The molecule has 1 saturated carbocycles. The highest BCUT2D eigenvalue weighted by molar-refractivity contribution is 5.89. The number of ether oxygens (including phenoxy) is 1. The van der Waals surface area contributed by atoms with E-state index in [4.69, 9.17) is 15.6 Å². The van der Waals surface area contributed by atoms with Gasteiger partial charge in [0, 0.05) is 0 Å². The van der Waals surface area contributed by atoms with Gasteiger partial charge in [-0.3, -0.25) is 0 Å². The minimum absolute atomic E-state index is 0.194. The number of carbonyl (C=O) groups is 1. The van der Waals surface area contributed by atoms with Gasteiger partial charge in [-0.2, -0.15) is 0 Å². The molecule has 4 nitrogen and oxygen atoms in total. The number of rotatable bonds is 4. The van der Waals surface area contributed by atoms with Gasteiger partial charge in [-0.05, 0) is 43.4 Å². The molecular formula is C15H21NO3. The number of hydrogen-bond donors (Lipinski definition) is 2. The molecule has 1 aromatic rings. The predicted molar refractivity (Wildman–Crippen MR) is 74.5 cm³/mol. The Bertz CT molecular complexity index is 459. The molecule has 0 amide bonds. The summed E-state index contributed by atoms with van der Waals surface area (Å²) in [5.74, 6) is 0.368. The van der Waals surface area contributed by atoms with Gasteiger partial charge in [0.25, 0.3) is 0 Å². The molecule has 0 saturated heterocycles. The number of nitrogens with two attached hydrogens (primary N) is 1. The summed E-state index contributed by atoms with van der Waals surface area (Å²) < 4.78 is 5.93. The summed E-state index contributed by atoms with van der Waals surface area (Å²) in [6.07, 6.45) is 5.98. The first-order chi connectivity index (χ1) is 9.10. The molecule has 1 aromatic carbocycles. The summed E-state index contributed by atoms with van der Waals surface area (Å²) in [5.41, 5.74) is 6.45. The molecule has 0 spiro atoms. The Morgan fingerprint density at radius 2 is 2.26 bits per heavy atom. The second-order valence-corrected chi connectivity index (χ2v) is 5.24. The summed E-state index contributed by atoms with van der Waals surface area (Å²) in [7, 11) is 0. The van der Waals surface area contributed by atoms with Crippen molar-refractivity contribution < 1.29 is 14.6 Å². The molecule has 0 radical (unpaired) electrons. The lowest BCUT2D eigenvalue weighted by molar-refractivity contribution is 0.0697. The molecule has 2 atom stereocenters. The summed E-state index contributed by atoms with van der Waals surface area (Å²) in [6.45, 7) is 2.21. The van der Waals surface area contributed by atoms with Crippen LogP contribution in [-0.2, 0) is 0 Å². The van der Waals surface area contributed by atoms with E-state index >= 15 is 0 Å². The van der Waals surface area contributed by atoms with Gasteiger partial charge >= 0.3 is 5.97 Å². The maximum atomic E-state index is 10.8. The lowest BCUT2D eigenvalue weighted by Crippen LogP contribution is -2.25. The molecule has 0 heterocycles. The third kappa shape index (κ3) is 3.40. The lowest BCUT2D eigenvalue weighted by atomic mass is 9.85. The average Bonchev–Trinajstić information content (AvgIpc) is 2.41. The number of anilines is 1. The van der Waals surface area contributed by atoms with Crippen LogP contribution in [0.25, 0.3) is 0 Å². The van der Waals surface area contributed by atoms with Crippen molar-refractivity contribution in [3.8, 4) is 5.75 Å². The molecule has 19 heavy (non-hydrogen) atoms. The zero-order chi connectivity index (χ0) is 13.8. The van der Waals surface area contributed by atoms with Crippen molar-refractivity contribution in [3.05, 3.63) is 23.8 Å². The van der Waals surface area contributed by atoms with E-state index in [0.717, 1.165) is 18.8 Å². The van der Waals surface area contributed by atoms with Crippen LogP contribution in [0.5, 0.6) is 5.75 Å². The maximum Gasteiger partial charge on any atom is 0.335 e. The third-order valence-electron chi connectivity index (χ3n) is 3.86. The van der Waals surface area contributed by atoms with Crippen LogP contribution in [0.2, 0.25) is 0 Å². The summed E-state index contributed by atoms with van der Waals surface area (Å²) in [6, 6.07) is 4.65. The standard InChI is InChI=1S/C15H21NO3/c1-2-10-4-3-5-12(8-10)19-14-7-6-11(15(17)18)9-13(14)16/h6-7,9-10,12H,2-5,8,16H2,1H3,(H,17,18). The number of benzene rings is 1. The van der Waals surface area contributed by atoms with Gasteiger partial charge in [0.1, 0.15) is 5.75 Å². The van der Waals surface area contributed by atoms with Crippen molar-refractivity contribution >= 4 is 11.7 Å². The van der Waals surface area contributed by atoms with Crippen LogP contribution in [-0.4, -0.2) is 17.2 Å². The van der Waals surface area contributed by atoms with Crippen molar-refractivity contribution in [1.29, 1.82) is 0 Å². The van der Waals surface area contributed by atoms with Gasteiger partial charge in [0.2, 0.25) is 0 Å². The monoisotopic (exact) mass is 263 g/mol. The fourth-order valence-corrected chi connectivity index (χ4v) is 2.69. The van der Waals surface area contributed by atoms with Crippen LogP contribution >= 0.6 is 0 Å². The quantitative estimate of drug-likeness (QED) is 0.817. The van der Waals surface area contributed by atoms with Crippen molar-refractivity contribution in [2.75, 3.05) is 5.73 Å². The Morgan fingerprint density at radius 3 is 2.89 bits per heavy atom. The van der Waals surface area contributed by atoms with E-state index in [1.54, 1.807) is 6.07 Å². The zero-order valence-electron chi connectivity index (χ0n) is 11.3. The van der Waals surface area contributed by atoms with E-state index in [9.17, 15) is 4.79 Å². The topological polar surface area (TPSA) is 72.5 Å². The number of carboxylic acids is 1. The van der Waals surface area contributed by atoms with Crippen molar-refractivity contribution in [1.82, 2.24) is 0 Å². The first-order valence-electron chi connectivity index (χ1n) is 6.89. The molecule has 2 unspecified atom stereocenters. The minimum atomic E-state index is -0.970. The van der Waals surface area contributed by atoms with Crippen molar-refractivity contribution in [2.24, 2.45) is 5.92 Å². The molecule has 4 heteroatoms. The molecule has 1 aliphatic rings. The van der Waals surface area contributed by atoms with Gasteiger partial charge in [-0.25, -0.2) is 4.79 Å². The third-order valence-corrected chi connectivity index (χ3v) is 3.86. The maximum absolute atomic E-state index is 10.8. The molecule has 104 valence electrons. The second kappa shape index (κ2) is 5.95. The van der Waals surface area contributed by atoms with Crippen LogP contribution in [0.1, 0.15) is 49.4 Å². The van der Waals surface area contributed by atoms with Crippen LogP contribution in [0.3, 0.4) is 0 Å². The Labute approximate surface area is 113 Å². The highest BCUT2D eigenvalue weighted by Gasteiger charge is 2.22. The Morgan fingerprint density at radius 1 is 1.47 bits per heavy atom. The highest BCUT2D eigenvalue weighted by Crippen LogP contribution is 2.31. The Hall–Kier alpha value is -1.71. The summed E-state index contributed by atoms with van der Waals surface area (Å²) in [5, 5.41) is 8.89. The molecule has 0 bridgehead atoms. The first kappa shape index (κ1) is 13.7. The van der Waals surface area contributed by atoms with E-state index in [1.807, 2.05) is 0 Å². The molecule has 3 N–H and O–H groups in total. The summed E-state index contributed by atoms with van der Waals surface area (Å²) in [4.78, 5) is 10.8. The van der Waals surface area contributed by atoms with E-state index in [2.05, 4.69) is 6.92 Å². The number of aromatic carboxylic acids is 1. The molecule has 1 aliphatic carbocycles. The van der Waals surface area contributed by atoms with Gasteiger partial charge in [-0.15, -0.1) is 0 Å². The second-order valence-electron chi connectivity index (χ2n) is 5.24. The molecule has 1 fully saturated rings. The van der Waals surface area contributed by atoms with Crippen LogP contribution in [0.15, 0.2) is 18.2 Å². The number of nitrogen functional groups attached to an aromatic ring is 1. The smallest absolute Gasteiger partial charge is 0.335 e. The predicted octanol–water partition coefficient (Wildman–Crippen LogP) is 3.31. The van der Waals surface area contributed by atoms with Gasteiger partial charge < -0.3 is 15.6 Å². The van der Waals surface area contributed by atoms with Gasteiger partial charge in [0.15, 0.2) is 0 Å². The number of hydrogen-bond acceptors (Lipinski definition) is 3. The zero-order valence-corrected chi connectivity index (χ0v) is 11.3. The van der Waals surface area contributed by atoms with Crippen LogP contribution in [0.4, 0.5) is 5.69 Å². The largest absolute Gasteiger partial charge is 0.488 e.